The van der Waals surface area contributed by atoms with Crippen molar-refractivity contribution in [1.82, 2.24) is 0 Å². The molecular formula is C19H23N3O. The van der Waals surface area contributed by atoms with Crippen LogP contribution in [0.5, 0.6) is 0 Å². The van der Waals surface area contributed by atoms with Crippen molar-refractivity contribution < 1.29 is 4.74 Å². The normalized spacial score (nSPS) is 16.7. The molecule has 0 saturated heterocycles. The predicted octanol–water partition coefficient (Wildman–Crippen LogP) is 2.82. The maximum Gasteiger partial charge on any atom is 0.282 e. The monoisotopic (exact) mass is 309 g/mol. The second-order valence-corrected chi connectivity index (χ2v) is 5.80. The maximum absolute atomic E-state index is 5.58. The first-order valence-corrected chi connectivity index (χ1v) is 8.08. The topological polar surface area (TPSA) is 50.9 Å². The van der Waals surface area contributed by atoms with Gasteiger partial charge in [-0.2, -0.15) is 0 Å². The second-order valence-electron chi connectivity index (χ2n) is 5.80. The fourth-order valence-corrected chi connectivity index (χ4v) is 2.86. The van der Waals surface area contributed by atoms with Crippen LogP contribution in [0.1, 0.15) is 18.1 Å². The van der Waals surface area contributed by atoms with E-state index >= 15 is 0 Å². The van der Waals surface area contributed by atoms with E-state index in [-0.39, 0.29) is 6.04 Å². The van der Waals surface area contributed by atoms with Crippen LogP contribution in [-0.4, -0.2) is 31.8 Å². The quantitative estimate of drug-likeness (QED) is 0.892. The molecule has 1 aliphatic rings. The van der Waals surface area contributed by atoms with Crippen molar-refractivity contribution in [3.8, 4) is 0 Å². The van der Waals surface area contributed by atoms with Crippen molar-refractivity contribution in [2.24, 2.45) is 10.7 Å². The van der Waals surface area contributed by atoms with Crippen molar-refractivity contribution in [3.63, 3.8) is 0 Å². The summed E-state index contributed by atoms with van der Waals surface area (Å²) in [7, 11) is 0. The van der Waals surface area contributed by atoms with Gasteiger partial charge in [0.15, 0.2) is 0 Å². The van der Waals surface area contributed by atoms with E-state index in [0.29, 0.717) is 12.6 Å². The number of nitrogens with zero attached hydrogens (tertiary/aromatic N) is 2. The Morgan fingerprint density at radius 2 is 1.78 bits per heavy atom. The van der Waals surface area contributed by atoms with Crippen LogP contribution in [0.25, 0.3) is 0 Å². The number of hydrogen-bond donors (Lipinski definition) is 1. The van der Waals surface area contributed by atoms with E-state index in [1.165, 1.54) is 16.8 Å². The molecule has 3 rings (SSSR count). The molecule has 0 fully saturated rings. The van der Waals surface area contributed by atoms with Crippen LogP contribution in [0.4, 0.5) is 5.69 Å². The lowest BCUT2D eigenvalue weighted by Crippen LogP contribution is -2.32. The highest BCUT2D eigenvalue weighted by atomic mass is 16.5. The van der Waals surface area contributed by atoms with E-state index in [9.17, 15) is 0 Å². The molecule has 2 aromatic carbocycles. The molecule has 0 saturated carbocycles. The zero-order valence-electron chi connectivity index (χ0n) is 13.5. The lowest BCUT2D eigenvalue weighted by molar-refractivity contribution is 0.313. The van der Waals surface area contributed by atoms with E-state index in [1.54, 1.807) is 0 Å². The molecule has 1 heterocycles. The SMILES string of the molecule is CCN(CC1COC(N)=N1)c1ccc(Cc2ccccc2)cc1. The number of anilines is 1. The van der Waals surface area contributed by atoms with Crippen LogP contribution < -0.4 is 10.6 Å². The summed E-state index contributed by atoms with van der Waals surface area (Å²) in [5.74, 6) is 0. The minimum absolute atomic E-state index is 0.124. The largest absolute Gasteiger partial charge is 0.463 e. The van der Waals surface area contributed by atoms with Gasteiger partial charge >= 0.3 is 0 Å². The Bertz CT molecular complexity index is 652. The summed E-state index contributed by atoms with van der Waals surface area (Å²) in [6.07, 6.45) is 0.963. The fourth-order valence-electron chi connectivity index (χ4n) is 2.86. The molecule has 0 radical (unpaired) electrons. The highest BCUT2D eigenvalue weighted by Gasteiger charge is 2.19. The average molecular weight is 309 g/mol. The molecule has 0 aromatic heterocycles. The number of likely N-dealkylation sites (N-methyl/N-ethyl adjacent to an activating group) is 1. The van der Waals surface area contributed by atoms with Gasteiger partial charge in [-0.15, -0.1) is 0 Å². The Kier molecular flexibility index (Phi) is 4.81. The second kappa shape index (κ2) is 7.18. The van der Waals surface area contributed by atoms with Gasteiger partial charge in [0.2, 0.25) is 0 Å². The van der Waals surface area contributed by atoms with Gasteiger partial charge in [0, 0.05) is 18.8 Å². The third-order valence-corrected chi connectivity index (χ3v) is 4.10. The number of benzene rings is 2. The molecule has 0 spiro atoms. The molecule has 120 valence electrons. The molecule has 2 N–H and O–H groups in total. The summed E-state index contributed by atoms with van der Waals surface area (Å²) >= 11 is 0. The van der Waals surface area contributed by atoms with Crippen LogP contribution in [0.3, 0.4) is 0 Å². The first-order valence-electron chi connectivity index (χ1n) is 8.08. The lowest BCUT2D eigenvalue weighted by atomic mass is 10.0. The molecule has 1 unspecified atom stereocenters. The van der Waals surface area contributed by atoms with Gasteiger partial charge in [-0.1, -0.05) is 42.5 Å². The van der Waals surface area contributed by atoms with Gasteiger partial charge < -0.3 is 15.4 Å². The van der Waals surface area contributed by atoms with Crippen LogP contribution in [-0.2, 0) is 11.2 Å². The van der Waals surface area contributed by atoms with Gasteiger partial charge in [0.05, 0.1) is 0 Å². The van der Waals surface area contributed by atoms with E-state index in [4.69, 9.17) is 10.5 Å². The standard InChI is InChI=1S/C19H23N3O/c1-2-22(13-17-14-23-19(20)21-17)18-10-8-16(9-11-18)12-15-6-4-3-5-7-15/h3-11,17H,2,12-14H2,1H3,(H2,20,21). The summed E-state index contributed by atoms with van der Waals surface area (Å²) < 4.78 is 5.23. The zero-order chi connectivity index (χ0) is 16.1. The minimum Gasteiger partial charge on any atom is -0.463 e. The number of aliphatic imine (C=N–C) groups is 1. The molecule has 2 aromatic rings. The third-order valence-electron chi connectivity index (χ3n) is 4.10. The molecule has 1 aliphatic heterocycles. The van der Waals surface area contributed by atoms with Crippen LogP contribution in [0.2, 0.25) is 0 Å². The minimum atomic E-state index is 0.124. The number of amidine groups is 1. The fraction of sp³-hybridized carbons (Fsp3) is 0.316. The van der Waals surface area contributed by atoms with Gasteiger partial charge in [-0.25, -0.2) is 4.99 Å². The zero-order valence-corrected chi connectivity index (χ0v) is 13.5. The summed E-state index contributed by atoms with van der Waals surface area (Å²) in [5, 5.41) is 0. The van der Waals surface area contributed by atoms with Gasteiger partial charge in [0.25, 0.3) is 6.02 Å². The molecular weight excluding hydrogens is 286 g/mol. The van der Waals surface area contributed by atoms with E-state index in [0.717, 1.165) is 19.5 Å². The van der Waals surface area contributed by atoms with Gasteiger partial charge in [-0.3, -0.25) is 0 Å². The molecule has 0 bridgehead atoms. The Labute approximate surface area is 137 Å². The maximum atomic E-state index is 5.58. The molecule has 0 aliphatic carbocycles. The van der Waals surface area contributed by atoms with Crippen LogP contribution in [0, 0.1) is 0 Å². The van der Waals surface area contributed by atoms with Crippen LogP contribution >= 0.6 is 0 Å². The predicted molar refractivity (Wildman–Crippen MR) is 94.9 cm³/mol. The summed E-state index contributed by atoms with van der Waals surface area (Å²) in [4.78, 5) is 6.61. The summed E-state index contributed by atoms with van der Waals surface area (Å²) in [6.45, 7) is 4.49. The highest BCUT2D eigenvalue weighted by molar-refractivity contribution is 5.73. The smallest absolute Gasteiger partial charge is 0.282 e. The first kappa shape index (κ1) is 15.4. The van der Waals surface area contributed by atoms with Gasteiger partial charge in [0.1, 0.15) is 12.6 Å². The van der Waals surface area contributed by atoms with E-state index in [1.807, 2.05) is 6.07 Å². The van der Waals surface area contributed by atoms with Crippen molar-refractivity contribution in [3.05, 3.63) is 65.7 Å². The van der Waals surface area contributed by atoms with E-state index in [2.05, 4.69) is 65.3 Å². The third kappa shape index (κ3) is 4.03. The van der Waals surface area contributed by atoms with E-state index < -0.39 is 0 Å². The Hall–Kier alpha value is -2.49. The molecule has 4 heteroatoms. The lowest BCUT2D eigenvalue weighted by Gasteiger charge is -2.24. The Morgan fingerprint density at radius 3 is 2.39 bits per heavy atom. The highest BCUT2D eigenvalue weighted by Crippen LogP contribution is 2.19. The summed E-state index contributed by atoms with van der Waals surface area (Å²) in [6, 6.07) is 19.7. The van der Waals surface area contributed by atoms with Crippen molar-refractivity contribution >= 4 is 11.7 Å². The number of nitrogens with two attached hydrogens (primary N) is 1. The first-order chi connectivity index (χ1) is 11.2. The number of rotatable bonds is 6. The molecule has 1 atom stereocenters. The van der Waals surface area contributed by atoms with Crippen molar-refractivity contribution in [2.45, 2.75) is 19.4 Å². The molecule has 23 heavy (non-hydrogen) atoms. The molecule has 0 amide bonds. The van der Waals surface area contributed by atoms with Crippen molar-refractivity contribution in [1.29, 1.82) is 0 Å². The Balaban J connectivity index is 1.65. The van der Waals surface area contributed by atoms with Crippen molar-refractivity contribution in [2.75, 3.05) is 24.6 Å². The molecule has 4 nitrogen and oxygen atoms in total. The average Bonchev–Trinajstić information content (AvgIpc) is 3.00. The van der Waals surface area contributed by atoms with Crippen LogP contribution in [0.15, 0.2) is 59.6 Å². The Morgan fingerprint density at radius 1 is 1.09 bits per heavy atom. The number of hydrogen-bond acceptors (Lipinski definition) is 4. The van der Waals surface area contributed by atoms with Gasteiger partial charge in [-0.05, 0) is 36.6 Å². The summed E-state index contributed by atoms with van der Waals surface area (Å²) in [5.41, 5.74) is 9.45. The number of ether oxygens (including phenoxy) is 1.